The van der Waals surface area contributed by atoms with E-state index in [1.54, 1.807) is 39.8 Å². The normalized spacial score (nSPS) is 48.6. The lowest BCUT2D eigenvalue weighted by atomic mass is 9.33. The molecular weight excluding hydrogens is 1040 g/mol. The summed E-state index contributed by atoms with van der Waals surface area (Å²) in [7, 11) is 0. The minimum atomic E-state index is -2.10. The second-order valence-corrected chi connectivity index (χ2v) is 26.0. The first kappa shape index (κ1) is 62.0. The predicted molar refractivity (Wildman–Crippen MR) is 275 cm³/mol. The maximum absolute atomic E-state index is 13.8. The van der Waals surface area contributed by atoms with E-state index in [2.05, 4.69) is 40.7 Å². The van der Waals surface area contributed by atoms with Crippen LogP contribution in [0.25, 0.3) is 0 Å². The van der Waals surface area contributed by atoms with Crippen LogP contribution in [0.15, 0.2) is 34.9 Å². The van der Waals surface area contributed by atoms with Crippen LogP contribution in [0.2, 0.25) is 0 Å². The van der Waals surface area contributed by atoms with Gasteiger partial charge in [-0.15, -0.1) is 0 Å². The summed E-state index contributed by atoms with van der Waals surface area (Å²) >= 11 is 0. The lowest BCUT2D eigenvalue weighted by molar-refractivity contribution is -0.386. The largest absolute Gasteiger partial charge is 0.479 e. The number of allylic oxidation sites excluding steroid dienone is 4. The number of hydrogen-bond acceptors (Lipinski definition) is 21. The average molecular weight is 1130 g/mol. The Morgan fingerprint density at radius 3 is 1.73 bits per heavy atom. The first-order valence-electron chi connectivity index (χ1n) is 28.0. The number of carbonyl (C=O) groups is 3. The molecule has 25 atom stereocenters. The van der Waals surface area contributed by atoms with Gasteiger partial charge in [-0.25, -0.2) is 14.4 Å². The molecule has 0 radical (unpaired) electrons. The van der Waals surface area contributed by atoms with Crippen LogP contribution >= 0.6 is 0 Å². The van der Waals surface area contributed by atoms with Gasteiger partial charge in [-0.05, 0) is 112 Å². The van der Waals surface area contributed by atoms with E-state index in [9.17, 15) is 70.6 Å². The summed E-state index contributed by atoms with van der Waals surface area (Å²) < 4.78 is 49.2. The highest BCUT2D eigenvalue weighted by atomic mass is 16.8. The average Bonchev–Trinajstić information content (AvgIpc) is 3.86. The molecule has 0 spiro atoms. The summed E-state index contributed by atoms with van der Waals surface area (Å²) in [6, 6.07) is 0. The van der Waals surface area contributed by atoms with Gasteiger partial charge < -0.3 is 94.1 Å². The van der Waals surface area contributed by atoms with Crippen molar-refractivity contribution < 1.29 is 108 Å². The third kappa shape index (κ3) is 9.99. The number of carbonyl (C=O) groups excluding carboxylic acids is 2. The number of aliphatic hydroxyl groups is 10. The molecule has 0 aromatic rings. The van der Waals surface area contributed by atoms with E-state index < -0.39 is 181 Å². The van der Waals surface area contributed by atoms with Crippen LogP contribution in [0.5, 0.6) is 0 Å². The lowest BCUT2D eigenvalue weighted by Gasteiger charge is -2.72. The van der Waals surface area contributed by atoms with Gasteiger partial charge in [0, 0.05) is 16.6 Å². The first-order chi connectivity index (χ1) is 36.9. The Balaban J connectivity index is 1.12. The molecule has 0 bridgehead atoms. The number of aliphatic hydroxyl groups excluding tert-OH is 10. The van der Waals surface area contributed by atoms with Crippen LogP contribution in [-0.2, 0) is 52.3 Å². The molecule has 0 aromatic heterocycles. The SMILES string of the molecule is C/C=C(/C)C(=O)O[C@H]1[C@H](OC(=O)/C(C)=C/C)C(C)(C)C[C@H]2C3=CC[C@@H]4[C@@]5(C)CC[C@H](O[C@@H]6O[C@H](C(=O)O)[C@@H](O)[C@H](O[C@@H]7O[C@@H](CO)[C@H](O)[C@H]7O)[C@H]6O[C@@H]6O[C@H](CO)[C@H](O)[C@H](O)[C@H]6O)C(C)(C)[C@@H]5CC[C@@]4(C)[C@]3(C)C[C@@H](O)[C@]21CO. The minimum absolute atomic E-state index is 0.0232. The lowest BCUT2D eigenvalue weighted by Crippen LogP contribution is -2.72. The van der Waals surface area contributed by atoms with E-state index in [4.69, 9.17) is 37.9 Å². The molecule has 7 fully saturated rings. The molecule has 5 aliphatic carbocycles. The van der Waals surface area contributed by atoms with Crippen molar-refractivity contribution in [2.75, 3.05) is 19.8 Å². The van der Waals surface area contributed by atoms with E-state index in [1.807, 2.05) is 13.8 Å². The zero-order valence-electron chi connectivity index (χ0n) is 47.3. The van der Waals surface area contributed by atoms with Crippen LogP contribution in [0.3, 0.4) is 0 Å². The van der Waals surface area contributed by atoms with E-state index >= 15 is 0 Å². The Morgan fingerprint density at radius 1 is 0.646 bits per heavy atom. The Morgan fingerprint density at radius 2 is 1.19 bits per heavy atom. The van der Waals surface area contributed by atoms with Gasteiger partial charge in [0.05, 0.1) is 37.4 Å². The summed E-state index contributed by atoms with van der Waals surface area (Å²) in [4.78, 5) is 40.3. The second-order valence-electron chi connectivity index (χ2n) is 26.0. The molecule has 4 saturated carbocycles. The molecule has 79 heavy (non-hydrogen) atoms. The molecule has 8 rings (SSSR count). The quantitative estimate of drug-likeness (QED) is 0.0505. The monoisotopic (exact) mass is 1120 g/mol. The first-order valence-corrected chi connectivity index (χ1v) is 28.0. The highest BCUT2D eigenvalue weighted by molar-refractivity contribution is 5.89. The van der Waals surface area contributed by atoms with Crippen LogP contribution in [0.1, 0.15) is 121 Å². The number of carboxylic acids is 1. The zero-order chi connectivity index (χ0) is 58.4. The molecule has 11 N–H and O–H groups in total. The van der Waals surface area contributed by atoms with Crippen LogP contribution in [0.4, 0.5) is 0 Å². The number of rotatable bonds is 14. The summed E-state index contributed by atoms with van der Waals surface area (Å²) in [5, 5.41) is 121. The standard InChI is InChI=1S/C57H88O22/c1-12-25(3)47(70)78-44-45(79-48(71)26(4)13-2)57(24-60)28(20-52(44,5)6)27-14-15-32-54(9)18-17-34(53(7,8)31(54)16-19-55(32,10)56(27,11)21-33(57)61)74-51-43(77-50-39(66)37(64)35(62)29(22-58)72-50)41(40(67)42(76-51)46(68)69)75-49-38(65)36(63)30(23-59)73-49/h12-14,28-45,49-51,58-67H,15-24H2,1-11H3,(H,68,69)/b25-12+,26-13-/t28-,29+,30-,31-,32+,33+,34-,35-,36-,37-,38+,39+,40-,41-,42-,43+,44-,45-,49-,50-,51+,54-,55+,56+,57-/m0/s1. The van der Waals surface area contributed by atoms with E-state index in [-0.39, 0.29) is 23.7 Å². The molecule has 3 aliphatic heterocycles. The van der Waals surface area contributed by atoms with Crippen molar-refractivity contribution in [1.29, 1.82) is 0 Å². The smallest absolute Gasteiger partial charge is 0.335 e. The van der Waals surface area contributed by atoms with Gasteiger partial charge in [0.15, 0.2) is 31.1 Å². The van der Waals surface area contributed by atoms with Crippen molar-refractivity contribution in [3.05, 3.63) is 34.9 Å². The Kier molecular flexibility index (Phi) is 17.7. The number of ether oxygens (including phenoxy) is 8. The summed E-state index contributed by atoms with van der Waals surface area (Å²) in [6.45, 7) is 19.4. The maximum Gasteiger partial charge on any atom is 0.335 e. The van der Waals surface area contributed by atoms with Gasteiger partial charge in [-0.3, -0.25) is 0 Å². The third-order valence-corrected chi connectivity index (χ3v) is 21.3. The molecule has 448 valence electrons. The van der Waals surface area contributed by atoms with Gasteiger partial charge in [-0.2, -0.15) is 0 Å². The van der Waals surface area contributed by atoms with Crippen molar-refractivity contribution in [3.63, 3.8) is 0 Å². The van der Waals surface area contributed by atoms with E-state index in [1.165, 1.54) is 0 Å². The van der Waals surface area contributed by atoms with Crippen LogP contribution in [0, 0.1) is 50.2 Å². The predicted octanol–water partition coefficient (Wildman–Crippen LogP) is 1.29. The van der Waals surface area contributed by atoms with Gasteiger partial charge in [0.25, 0.3) is 0 Å². The highest BCUT2D eigenvalue weighted by Gasteiger charge is 2.74. The van der Waals surface area contributed by atoms with Gasteiger partial charge >= 0.3 is 17.9 Å². The van der Waals surface area contributed by atoms with Crippen LogP contribution in [-0.4, -0.2) is 204 Å². The van der Waals surface area contributed by atoms with Crippen molar-refractivity contribution in [1.82, 2.24) is 0 Å². The fraction of sp³-hybridized carbons (Fsp3) is 0.842. The third-order valence-electron chi connectivity index (χ3n) is 21.3. The Hall–Kier alpha value is -3.01. The zero-order valence-corrected chi connectivity index (χ0v) is 47.3. The van der Waals surface area contributed by atoms with Crippen molar-refractivity contribution in [3.8, 4) is 0 Å². The fourth-order valence-corrected chi connectivity index (χ4v) is 16.2. The van der Waals surface area contributed by atoms with Crippen molar-refractivity contribution >= 4 is 17.9 Å². The molecule has 0 aromatic carbocycles. The molecular formula is C57H88O22. The molecule has 22 heteroatoms. The number of hydrogen-bond donors (Lipinski definition) is 11. The number of fused-ring (bicyclic) bond motifs is 7. The molecule has 0 unspecified atom stereocenters. The molecule has 3 saturated heterocycles. The van der Waals surface area contributed by atoms with Gasteiger partial charge in [0.2, 0.25) is 0 Å². The van der Waals surface area contributed by atoms with Gasteiger partial charge in [0.1, 0.15) is 67.1 Å². The Bertz CT molecular complexity index is 2350. The van der Waals surface area contributed by atoms with Crippen molar-refractivity contribution in [2.45, 2.75) is 232 Å². The highest BCUT2D eigenvalue weighted by Crippen LogP contribution is 2.76. The number of carboxylic acid groups (broad SMARTS) is 1. The van der Waals surface area contributed by atoms with Gasteiger partial charge in [-0.1, -0.05) is 72.3 Å². The summed E-state index contributed by atoms with van der Waals surface area (Å²) in [5.41, 5.74) is -2.71. The molecule has 22 nitrogen and oxygen atoms in total. The molecule has 8 aliphatic rings. The maximum atomic E-state index is 13.8. The number of esters is 2. The minimum Gasteiger partial charge on any atom is -0.479 e. The molecule has 3 heterocycles. The summed E-state index contributed by atoms with van der Waals surface area (Å²) in [5.74, 6) is -3.40. The topological polar surface area (TPSA) is 348 Å². The van der Waals surface area contributed by atoms with E-state index in [0.29, 0.717) is 49.7 Å². The summed E-state index contributed by atoms with van der Waals surface area (Å²) in [6.07, 6.45) is -20.2. The second kappa shape index (κ2) is 22.5. The van der Waals surface area contributed by atoms with Crippen LogP contribution < -0.4 is 0 Å². The Labute approximate surface area is 461 Å². The fourth-order valence-electron chi connectivity index (χ4n) is 16.2. The van der Waals surface area contributed by atoms with E-state index in [0.717, 1.165) is 5.57 Å². The van der Waals surface area contributed by atoms with Crippen molar-refractivity contribution in [2.24, 2.45) is 50.2 Å². The number of aliphatic carboxylic acids is 1. The molecule has 0 amide bonds.